The SMILES string of the molecule is CN(C[C@@H]1CCN(C)[C@H]1c1cccnc1)C(=O)COC1CCCCC1. The van der Waals surface area contributed by atoms with E-state index in [0.29, 0.717) is 12.0 Å². The third-order valence-electron chi connectivity index (χ3n) is 5.73. The molecule has 0 bridgehead atoms. The van der Waals surface area contributed by atoms with Gasteiger partial charge in [-0.1, -0.05) is 25.3 Å². The summed E-state index contributed by atoms with van der Waals surface area (Å²) in [6.07, 6.45) is 11.1. The second-order valence-corrected chi connectivity index (χ2v) is 7.61. The average Bonchev–Trinajstić information content (AvgIpc) is 3.01. The smallest absolute Gasteiger partial charge is 0.248 e. The highest BCUT2D eigenvalue weighted by molar-refractivity contribution is 5.77. The summed E-state index contributed by atoms with van der Waals surface area (Å²) in [5.41, 5.74) is 1.24. The fourth-order valence-corrected chi connectivity index (χ4v) is 4.28. The Morgan fingerprint density at radius 1 is 1.32 bits per heavy atom. The molecule has 0 radical (unpaired) electrons. The van der Waals surface area contributed by atoms with Gasteiger partial charge in [-0.2, -0.15) is 0 Å². The third-order valence-corrected chi connectivity index (χ3v) is 5.73. The van der Waals surface area contributed by atoms with Gasteiger partial charge in [0.2, 0.25) is 5.91 Å². The average molecular weight is 345 g/mol. The highest BCUT2D eigenvalue weighted by Gasteiger charge is 2.34. The quantitative estimate of drug-likeness (QED) is 0.795. The van der Waals surface area contributed by atoms with E-state index in [0.717, 1.165) is 32.4 Å². The lowest BCUT2D eigenvalue weighted by atomic mass is 9.94. The first-order valence-corrected chi connectivity index (χ1v) is 9.61. The van der Waals surface area contributed by atoms with Gasteiger partial charge in [0.25, 0.3) is 0 Å². The summed E-state index contributed by atoms with van der Waals surface area (Å²) in [5, 5.41) is 0. The highest BCUT2D eigenvalue weighted by Crippen LogP contribution is 2.36. The molecule has 25 heavy (non-hydrogen) atoms. The van der Waals surface area contributed by atoms with Crippen LogP contribution >= 0.6 is 0 Å². The zero-order valence-electron chi connectivity index (χ0n) is 15.6. The molecule has 138 valence electrons. The van der Waals surface area contributed by atoms with Gasteiger partial charge in [0.1, 0.15) is 6.61 Å². The van der Waals surface area contributed by atoms with Crippen LogP contribution in [0.25, 0.3) is 0 Å². The summed E-state index contributed by atoms with van der Waals surface area (Å²) >= 11 is 0. The van der Waals surface area contributed by atoms with Crippen molar-refractivity contribution >= 4 is 5.91 Å². The van der Waals surface area contributed by atoms with E-state index < -0.39 is 0 Å². The van der Waals surface area contributed by atoms with Crippen LogP contribution in [0.5, 0.6) is 0 Å². The molecule has 5 heteroatoms. The van der Waals surface area contributed by atoms with Gasteiger partial charge in [-0.25, -0.2) is 0 Å². The summed E-state index contributed by atoms with van der Waals surface area (Å²) in [6.45, 7) is 2.06. The number of aromatic nitrogens is 1. The number of nitrogens with zero attached hydrogens (tertiary/aromatic N) is 3. The Morgan fingerprint density at radius 3 is 2.84 bits per heavy atom. The van der Waals surface area contributed by atoms with Crippen LogP contribution < -0.4 is 0 Å². The van der Waals surface area contributed by atoms with E-state index in [9.17, 15) is 4.79 Å². The maximum Gasteiger partial charge on any atom is 0.248 e. The van der Waals surface area contributed by atoms with Gasteiger partial charge in [-0.3, -0.25) is 14.7 Å². The molecule has 2 fully saturated rings. The van der Waals surface area contributed by atoms with Gasteiger partial charge < -0.3 is 9.64 Å². The van der Waals surface area contributed by atoms with Crippen molar-refractivity contribution in [2.45, 2.75) is 50.7 Å². The highest BCUT2D eigenvalue weighted by atomic mass is 16.5. The predicted molar refractivity (Wildman–Crippen MR) is 98.2 cm³/mol. The lowest BCUT2D eigenvalue weighted by Crippen LogP contribution is -2.37. The molecule has 2 heterocycles. The monoisotopic (exact) mass is 345 g/mol. The van der Waals surface area contributed by atoms with E-state index in [1.807, 2.05) is 30.4 Å². The number of pyridine rings is 1. The number of hydrogen-bond acceptors (Lipinski definition) is 4. The van der Waals surface area contributed by atoms with Crippen LogP contribution in [0.2, 0.25) is 0 Å². The molecule has 2 aliphatic rings. The minimum Gasteiger partial charge on any atom is -0.368 e. The summed E-state index contributed by atoms with van der Waals surface area (Å²) in [6, 6.07) is 4.47. The molecule has 0 unspecified atom stereocenters. The van der Waals surface area contributed by atoms with Crippen LogP contribution in [0.4, 0.5) is 0 Å². The third kappa shape index (κ3) is 4.79. The number of ether oxygens (including phenoxy) is 1. The van der Waals surface area contributed by atoms with Crippen molar-refractivity contribution < 1.29 is 9.53 Å². The molecule has 3 rings (SSSR count). The Balaban J connectivity index is 1.52. The van der Waals surface area contributed by atoms with Crippen molar-refractivity contribution in [3.63, 3.8) is 0 Å². The molecule has 1 saturated heterocycles. The van der Waals surface area contributed by atoms with E-state index >= 15 is 0 Å². The van der Waals surface area contributed by atoms with Gasteiger partial charge >= 0.3 is 0 Å². The Hall–Kier alpha value is -1.46. The number of rotatable bonds is 6. The van der Waals surface area contributed by atoms with Crippen molar-refractivity contribution in [3.8, 4) is 0 Å². The molecule has 1 aromatic heterocycles. The van der Waals surface area contributed by atoms with Crippen LogP contribution in [0.15, 0.2) is 24.5 Å². The van der Waals surface area contributed by atoms with E-state index in [2.05, 4.69) is 23.0 Å². The number of carbonyl (C=O) groups is 1. The first-order chi connectivity index (χ1) is 12.1. The maximum atomic E-state index is 12.5. The van der Waals surface area contributed by atoms with Crippen LogP contribution in [0.3, 0.4) is 0 Å². The van der Waals surface area contributed by atoms with Gasteiger partial charge in [-0.15, -0.1) is 0 Å². The fraction of sp³-hybridized carbons (Fsp3) is 0.700. The molecule has 1 amide bonds. The van der Waals surface area contributed by atoms with Gasteiger partial charge in [0.15, 0.2) is 0 Å². The Kier molecular flexibility index (Phi) is 6.43. The second kappa shape index (κ2) is 8.77. The van der Waals surface area contributed by atoms with Gasteiger partial charge in [-0.05, 0) is 50.4 Å². The molecule has 0 spiro atoms. The second-order valence-electron chi connectivity index (χ2n) is 7.61. The van der Waals surface area contributed by atoms with E-state index in [4.69, 9.17) is 4.74 Å². The van der Waals surface area contributed by atoms with E-state index in [1.165, 1.54) is 24.8 Å². The minimum absolute atomic E-state index is 0.102. The normalized spacial score (nSPS) is 25.2. The van der Waals surface area contributed by atoms with Crippen LogP contribution in [0.1, 0.15) is 50.1 Å². The van der Waals surface area contributed by atoms with Crippen molar-refractivity contribution in [1.29, 1.82) is 0 Å². The molecule has 2 atom stereocenters. The summed E-state index contributed by atoms with van der Waals surface area (Å²) < 4.78 is 5.85. The molecule has 1 aromatic rings. The number of amides is 1. The Labute approximate surface area is 151 Å². The number of hydrogen-bond donors (Lipinski definition) is 0. The van der Waals surface area contributed by atoms with Crippen molar-refractivity contribution in [1.82, 2.24) is 14.8 Å². The first kappa shape index (κ1) is 18.3. The number of carbonyl (C=O) groups excluding carboxylic acids is 1. The first-order valence-electron chi connectivity index (χ1n) is 9.61. The van der Waals surface area contributed by atoms with E-state index in [1.54, 1.807) is 0 Å². The molecule has 0 aromatic carbocycles. The molecule has 5 nitrogen and oxygen atoms in total. The maximum absolute atomic E-state index is 12.5. The molecular weight excluding hydrogens is 314 g/mol. The molecule has 1 aliphatic heterocycles. The lowest BCUT2D eigenvalue weighted by molar-refractivity contribution is -0.138. The van der Waals surface area contributed by atoms with Crippen molar-refractivity contribution in [3.05, 3.63) is 30.1 Å². The lowest BCUT2D eigenvalue weighted by Gasteiger charge is -2.29. The standard InChI is InChI=1S/C20H31N3O2/c1-22-12-10-17(20(22)16-7-6-11-21-13-16)14-23(2)19(24)15-25-18-8-4-3-5-9-18/h6-7,11,13,17-18,20H,3-5,8-10,12,14-15H2,1-2H3/t17-,20-/m0/s1. The Morgan fingerprint density at radius 2 is 2.12 bits per heavy atom. The largest absolute Gasteiger partial charge is 0.368 e. The van der Waals surface area contributed by atoms with E-state index in [-0.39, 0.29) is 18.6 Å². The van der Waals surface area contributed by atoms with Gasteiger partial charge in [0, 0.05) is 32.0 Å². The summed E-state index contributed by atoms with van der Waals surface area (Å²) in [4.78, 5) is 21.0. The molecule has 1 aliphatic carbocycles. The summed E-state index contributed by atoms with van der Waals surface area (Å²) in [5.74, 6) is 0.544. The van der Waals surface area contributed by atoms with Crippen LogP contribution in [-0.4, -0.2) is 60.6 Å². The van der Waals surface area contributed by atoms with Gasteiger partial charge in [0.05, 0.1) is 6.10 Å². The van der Waals surface area contributed by atoms with Crippen molar-refractivity contribution in [2.75, 3.05) is 33.8 Å². The summed E-state index contributed by atoms with van der Waals surface area (Å²) in [7, 11) is 4.07. The Bertz CT molecular complexity index is 545. The van der Waals surface area contributed by atoms with Crippen LogP contribution in [-0.2, 0) is 9.53 Å². The fourth-order valence-electron chi connectivity index (χ4n) is 4.28. The van der Waals surface area contributed by atoms with Crippen molar-refractivity contribution in [2.24, 2.45) is 5.92 Å². The van der Waals surface area contributed by atoms with Crippen LogP contribution in [0, 0.1) is 5.92 Å². The number of likely N-dealkylation sites (N-methyl/N-ethyl adjacent to an activating group) is 1. The number of likely N-dealkylation sites (tertiary alicyclic amines) is 1. The molecular formula is C20H31N3O2. The molecule has 0 N–H and O–H groups in total. The minimum atomic E-state index is 0.102. The zero-order chi connectivity index (χ0) is 17.6. The predicted octanol–water partition coefficient (Wildman–Crippen LogP) is 2.88. The molecule has 1 saturated carbocycles. The topological polar surface area (TPSA) is 45.7 Å². The zero-order valence-corrected chi connectivity index (χ0v) is 15.6.